The van der Waals surface area contributed by atoms with Gasteiger partial charge in [-0.25, -0.2) is 5.43 Å². The van der Waals surface area contributed by atoms with Gasteiger partial charge in [0, 0.05) is 0 Å². The molecule has 2 aromatic carbocycles. The Balaban J connectivity index is 1.96. The van der Waals surface area contributed by atoms with Gasteiger partial charge in [0.05, 0.1) is 5.71 Å². The number of carbonyl (C=O) groups excluding carboxylic acids is 1. The Morgan fingerprint density at radius 1 is 1.08 bits per heavy atom. The molecule has 4 heteroatoms. The van der Waals surface area contributed by atoms with Crippen LogP contribution in [0.1, 0.15) is 36.5 Å². The predicted octanol–water partition coefficient (Wildman–Crippen LogP) is 4.00. The van der Waals surface area contributed by atoms with Crippen LogP contribution in [-0.4, -0.2) is 18.2 Å². The number of benzene rings is 2. The summed E-state index contributed by atoms with van der Waals surface area (Å²) in [6.07, 6.45) is 1.77. The van der Waals surface area contributed by atoms with Gasteiger partial charge in [0.1, 0.15) is 5.75 Å². The van der Waals surface area contributed by atoms with Crippen LogP contribution >= 0.6 is 0 Å². The fraction of sp³-hybridized carbons (Fsp3) is 0.300. The molecule has 0 spiro atoms. The zero-order valence-electron chi connectivity index (χ0n) is 14.5. The molecule has 4 nitrogen and oxygen atoms in total. The maximum atomic E-state index is 12.0. The molecule has 2 rings (SSSR count). The maximum Gasteiger partial charge on any atom is 0.277 e. The first kappa shape index (κ1) is 17.7. The second kappa shape index (κ2) is 8.87. The van der Waals surface area contributed by atoms with Gasteiger partial charge in [0.25, 0.3) is 5.91 Å². The zero-order chi connectivity index (χ0) is 17.4. The van der Waals surface area contributed by atoms with Gasteiger partial charge in [0.15, 0.2) is 6.61 Å². The first-order chi connectivity index (χ1) is 11.6. The molecule has 1 N–H and O–H groups in total. The van der Waals surface area contributed by atoms with Crippen molar-refractivity contribution in [1.29, 1.82) is 0 Å². The quantitative estimate of drug-likeness (QED) is 0.618. The summed E-state index contributed by atoms with van der Waals surface area (Å²) in [7, 11) is 0. The Kier molecular flexibility index (Phi) is 6.55. The van der Waals surface area contributed by atoms with Crippen LogP contribution in [-0.2, 0) is 4.79 Å². The maximum absolute atomic E-state index is 12.0. The summed E-state index contributed by atoms with van der Waals surface area (Å²) in [5, 5.41) is 4.27. The molecule has 0 saturated carbocycles. The molecule has 0 fully saturated rings. The number of ether oxygens (including phenoxy) is 1. The Morgan fingerprint density at radius 2 is 1.83 bits per heavy atom. The average molecular weight is 324 g/mol. The Morgan fingerprint density at radius 3 is 2.54 bits per heavy atom. The number of nitrogens with zero attached hydrogens (tertiary/aromatic N) is 1. The largest absolute Gasteiger partial charge is 0.483 e. The number of amides is 1. The van der Waals surface area contributed by atoms with Crippen LogP contribution in [0, 0.1) is 13.8 Å². The molecule has 0 heterocycles. The lowest BCUT2D eigenvalue weighted by molar-refractivity contribution is -0.123. The lowest BCUT2D eigenvalue weighted by Crippen LogP contribution is -2.26. The second-order valence-electron chi connectivity index (χ2n) is 5.70. The highest BCUT2D eigenvalue weighted by atomic mass is 16.5. The monoisotopic (exact) mass is 324 g/mol. The molecule has 24 heavy (non-hydrogen) atoms. The van der Waals surface area contributed by atoms with Crippen LogP contribution in [0.4, 0.5) is 0 Å². The van der Waals surface area contributed by atoms with E-state index in [2.05, 4.69) is 17.5 Å². The highest BCUT2D eigenvalue weighted by Crippen LogP contribution is 2.20. The van der Waals surface area contributed by atoms with Gasteiger partial charge in [-0.3, -0.25) is 4.79 Å². The van der Waals surface area contributed by atoms with Crippen LogP contribution in [0.15, 0.2) is 53.6 Å². The number of rotatable bonds is 7. The van der Waals surface area contributed by atoms with Crippen LogP contribution in [0.3, 0.4) is 0 Å². The molecule has 0 aliphatic heterocycles. The number of nitrogens with one attached hydrogen (secondary N) is 1. The summed E-state index contributed by atoms with van der Waals surface area (Å²) in [5.74, 6) is 0.464. The minimum Gasteiger partial charge on any atom is -0.483 e. The van der Waals surface area contributed by atoms with Crippen LogP contribution < -0.4 is 10.2 Å². The topological polar surface area (TPSA) is 50.7 Å². The van der Waals surface area contributed by atoms with Crippen molar-refractivity contribution in [2.24, 2.45) is 5.10 Å². The van der Waals surface area contributed by atoms with Gasteiger partial charge in [-0.2, -0.15) is 5.10 Å². The van der Waals surface area contributed by atoms with E-state index >= 15 is 0 Å². The van der Waals surface area contributed by atoms with Gasteiger partial charge in [-0.1, -0.05) is 55.8 Å². The van der Waals surface area contributed by atoms with E-state index in [1.165, 1.54) is 0 Å². The van der Waals surface area contributed by atoms with Crippen molar-refractivity contribution in [2.75, 3.05) is 6.61 Å². The number of hydrogen-bond acceptors (Lipinski definition) is 3. The minimum absolute atomic E-state index is 0.0536. The van der Waals surface area contributed by atoms with E-state index in [1.54, 1.807) is 0 Å². The van der Waals surface area contributed by atoms with Gasteiger partial charge < -0.3 is 4.74 Å². The van der Waals surface area contributed by atoms with Crippen molar-refractivity contribution in [1.82, 2.24) is 5.43 Å². The number of carbonyl (C=O) groups is 1. The third-order valence-corrected chi connectivity index (χ3v) is 3.82. The lowest BCUT2D eigenvalue weighted by atomic mass is 10.1. The molecule has 0 unspecified atom stereocenters. The van der Waals surface area contributed by atoms with Gasteiger partial charge >= 0.3 is 0 Å². The molecule has 0 atom stereocenters. The Labute approximate surface area is 143 Å². The van der Waals surface area contributed by atoms with Crippen molar-refractivity contribution >= 4 is 11.6 Å². The van der Waals surface area contributed by atoms with Crippen LogP contribution in [0.5, 0.6) is 5.75 Å². The molecule has 0 aliphatic rings. The molecule has 0 saturated heterocycles. The van der Waals surface area contributed by atoms with Crippen LogP contribution in [0.2, 0.25) is 0 Å². The molecular formula is C20H24N2O2. The van der Waals surface area contributed by atoms with Gasteiger partial charge in [-0.15, -0.1) is 0 Å². The van der Waals surface area contributed by atoms with E-state index in [9.17, 15) is 4.79 Å². The van der Waals surface area contributed by atoms with E-state index < -0.39 is 0 Å². The van der Waals surface area contributed by atoms with Crippen molar-refractivity contribution in [2.45, 2.75) is 33.6 Å². The van der Waals surface area contributed by atoms with E-state index in [-0.39, 0.29) is 12.5 Å². The summed E-state index contributed by atoms with van der Waals surface area (Å²) >= 11 is 0. The number of aryl methyl sites for hydroxylation is 1. The molecule has 1 amide bonds. The SMILES string of the molecule is CCC/C(=N/NC(=O)COc1cccc(C)c1C)c1ccccc1. The smallest absolute Gasteiger partial charge is 0.277 e. The van der Waals surface area contributed by atoms with E-state index in [0.717, 1.165) is 41.0 Å². The second-order valence-corrected chi connectivity index (χ2v) is 5.70. The highest BCUT2D eigenvalue weighted by molar-refractivity contribution is 6.01. The molecule has 2 aromatic rings. The molecule has 0 radical (unpaired) electrons. The third-order valence-electron chi connectivity index (χ3n) is 3.82. The Hall–Kier alpha value is -2.62. The predicted molar refractivity (Wildman–Crippen MR) is 97.4 cm³/mol. The Bertz CT molecular complexity index is 709. The summed E-state index contributed by atoms with van der Waals surface area (Å²) in [4.78, 5) is 12.0. The van der Waals surface area contributed by atoms with Crippen molar-refractivity contribution in [3.8, 4) is 5.75 Å². The summed E-state index contributed by atoms with van der Waals surface area (Å²) in [6, 6.07) is 15.7. The molecule has 0 aromatic heterocycles. The van der Waals surface area contributed by atoms with Crippen molar-refractivity contribution < 1.29 is 9.53 Å². The van der Waals surface area contributed by atoms with Gasteiger partial charge in [0.2, 0.25) is 0 Å². The number of hydrogen-bond donors (Lipinski definition) is 1. The summed E-state index contributed by atoms with van der Waals surface area (Å²) < 4.78 is 5.60. The average Bonchev–Trinajstić information content (AvgIpc) is 2.60. The lowest BCUT2D eigenvalue weighted by Gasteiger charge is -2.10. The fourth-order valence-electron chi connectivity index (χ4n) is 2.32. The van der Waals surface area contributed by atoms with E-state index in [1.807, 2.05) is 62.4 Å². The fourth-order valence-corrected chi connectivity index (χ4v) is 2.32. The molecule has 126 valence electrons. The summed E-state index contributed by atoms with van der Waals surface area (Å²) in [6.45, 7) is 6.03. The van der Waals surface area contributed by atoms with E-state index in [4.69, 9.17) is 4.74 Å². The third kappa shape index (κ3) is 4.95. The standard InChI is InChI=1S/C20H24N2O2/c1-4-9-18(17-11-6-5-7-12-17)21-22-20(23)14-24-19-13-8-10-15(2)16(19)3/h5-8,10-13H,4,9,14H2,1-3H3,(H,22,23)/b21-18-. The normalized spacial score (nSPS) is 11.2. The van der Waals surface area contributed by atoms with Gasteiger partial charge in [-0.05, 0) is 43.0 Å². The molecule has 0 aliphatic carbocycles. The van der Waals surface area contributed by atoms with Crippen LogP contribution in [0.25, 0.3) is 0 Å². The van der Waals surface area contributed by atoms with Crippen molar-refractivity contribution in [3.05, 3.63) is 65.2 Å². The molecule has 0 bridgehead atoms. The minimum atomic E-state index is -0.263. The molecular weight excluding hydrogens is 300 g/mol. The van der Waals surface area contributed by atoms with E-state index in [0.29, 0.717) is 0 Å². The first-order valence-electron chi connectivity index (χ1n) is 8.21. The summed E-state index contributed by atoms with van der Waals surface area (Å²) in [5.41, 5.74) is 6.68. The van der Waals surface area contributed by atoms with Crippen molar-refractivity contribution in [3.63, 3.8) is 0 Å². The number of hydrazone groups is 1. The zero-order valence-corrected chi connectivity index (χ0v) is 14.5. The first-order valence-corrected chi connectivity index (χ1v) is 8.21. The highest BCUT2D eigenvalue weighted by Gasteiger charge is 2.07.